The van der Waals surface area contributed by atoms with Gasteiger partial charge in [0.2, 0.25) is 0 Å². The summed E-state index contributed by atoms with van der Waals surface area (Å²) in [5.74, 6) is 0. The third-order valence-corrected chi connectivity index (χ3v) is 4.03. The van der Waals surface area contributed by atoms with Gasteiger partial charge in [-0.05, 0) is 32.3 Å². The van der Waals surface area contributed by atoms with Gasteiger partial charge in [0.15, 0.2) is 0 Å². The molecule has 1 aromatic carbocycles. The van der Waals surface area contributed by atoms with E-state index in [9.17, 15) is 10.1 Å². The Bertz CT molecular complexity index is 464. The lowest BCUT2D eigenvalue weighted by Crippen LogP contribution is -2.46. The van der Waals surface area contributed by atoms with E-state index in [4.69, 9.17) is 5.73 Å². The van der Waals surface area contributed by atoms with Crippen molar-refractivity contribution < 1.29 is 4.92 Å². The van der Waals surface area contributed by atoms with Crippen LogP contribution in [0, 0.1) is 10.1 Å². The first-order valence-electron chi connectivity index (χ1n) is 6.74. The molecule has 1 saturated heterocycles. The molecule has 1 fully saturated rings. The molecule has 1 aliphatic rings. The molecule has 5 heteroatoms. The fourth-order valence-corrected chi connectivity index (χ4v) is 2.89. The van der Waals surface area contributed by atoms with Crippen LogP contribution in [0.15, 0.2) is 24.3 Å². The van der Waals surface area contributed by atoms with E-state index in [1.165, 1.54) is 6.07 Å². The highest BCUT2D eigenvalue weighted by Crippen LogP contribution is 2.29. The lowest BCUT2D eigenvalue weighted by atomic mass is 9.95. The quantitative estimate of drug-likeness (QED) is 0.671. The summed E-state index contributed by atoms with van der Waals surface area (Å²) in [7, 11) is 0. The molecular weight excluding hydrogens is 242 g/mol. The summed E-state index contributed by atoms with van der Waals surface area (Å²) < 4.78 is 0. The molecule has 0 spiro atoms. The van der Waals surface area contributed by atoms with E-state index >= 15 is 0 Å². The maximum atomic E-state index is 10.8. The first-order chi connectivity index (χ1) is 8.99. The van der Waals surface area contributed by atoms with E-state index in [0.29, 0.717) is 6.04 Å². The van der Waals surface area contributed by atoms with Crippen LogP contribution in [0.2, 0.25) is 0 Å². The maximum Gasteiger partial charge on any atom is 0.269 e. The van der Waals surface area contributed by atoms with Gasteiger partial charge in [-0.2, -0.15) is 0 Å². The number of nitro groups is 1. The Morgan fingerprint density at radius 3 is 2.89 bits per heavy atom. The number of non-ortho nitro benzene ring substituents is 1. The van der Waals surface area contributed by atoms with Gasteiger partial charge in [0.25, 0.3) is 5.69 Å². The number of likely N-dealkylation sites (tertiary alicyclic amines) is 1. The first kappa shape index (κ1) is 14.0. The van der Waals surface area contributed by atoms with Crippen molar-refractivity contribution in [1.82, 2.24) is 4.90 Å². The van der Waals surface area contributed by atoms with E-state index in [-0.39, 0.29) is 22.7 Å². The number of rotatable bonds is 3. The van der Waals surface area contributed by atoms with Gasteiger partial charge in [-0.1, -0.05) is 12.1 Å². The molecule has 0 aliphatic carbocycles. The summed E-state index contributed by atoms with van der Waals surface area (Å²) in [4.78, 5) is 12.9. The van der Waals surface area contributed by atoms with Crippen molar-refractivity contribution in [3.05, 3.63) is 39.9 Å². The molecule has 0 bridgehead atoms. The molecule has 0 amide bonds. The van der Waals surface area contributed by atoms with Gasteiger partial charge in [0, 0.05) is 36.8 Å². The molecule has 1 heterocycles. The van der Waals surface area contributed by atoms with Crippen LogP contribution in [-0.4, -0.2) is 28.5 Å². The third-order valence-electron chi connectivity index (χ3n) is 4.03. The van der Waals surface area contributed by atoms with Crippen LogP contribution in [0.3, 0.4) is 0 Å². The van der Waals surface area contributed by atoms with Crippen LogP contribution in [0.5, 0.6) is 0 Å². The summed E-state index contributed by atoms with van der Waals surface area (Å²) in [6.45, 7) is 5.23. The Hall–Kier alpha value is -1.46. The number of nitrogens with two attached hydrogens (primary N) is 1. The van der Waals surface area contributed by atoms with Gasteiger partial charge >= 0.3 is 0 Å². The van der Waals surface area contributed by atoms with Crippen LogP contribution in [0.4, 0.5) is 5.69 Å². The Balaban J connectivity index is 2.17. The molecule has 3 atom stereocenters. The number of piperidine rings is 1. The van der Waals surface area contributed by atoms with Gasteiger partial charge < -0.3 is 5.73 Å². The predicted molar refractivity (Wildman–Crippen MR) is 74.9 cm³/mol. The van der Waals surface area contributed by atoms with Gasteiger partial charge in [-0.25, -0.2) is 0 Å². The van der Waals surface area contributed by atoms with Gasteiger partial charge in [0.1, 0.15) is 0 Å². The molecule has 1 aromatic rings. The first-order valence-corrected chi connectivity index (χ1v) is 6.74. The highest BCUT2D eigenvalue weighted by molar-refractivity contribution is 5.35. The average molecular weight is 263 g/mol. The molecule has 19 heavy (non-hydrogen) atoms. The van der Waals surface area contributed by atoms with Crippen LogP contribution in [0.25, 0.3) is 0 Å². The fourth-order valence-electron chi connectivity index (χ4n) is 2.89. The third kappa shape index (κ3) is 3.11. The van der Waals surface area contributed by atoms with Crippen LogP contribution < -0.4 is 5.73 Å². The molecule has 104 valence electrons. The van der Waals surface area contributed by atoms with Crippen molar-refractivity contribution in [2.45, 2.75) is 44.8 Å². The number of benzene rings is 1. The van der Waals surface area contributed by atoms with Gasteiger partial charge in [-0.3, -0.25) is 15.0 Å². The minimum absolute atomic E-state index is 0.158. The van der Waals surface area contributed by atoms with Crippen molar-refractivity contribution in [3.8, 4) is 0 Å². The van der Waals surface area contributed by atoms with E-state index in [1.807, 2.05) is 6.07 Å². The molecule has 2 rings (SSSR count). The van der Waals surface area contributed by atoms with Crippen LogP contribution >= 0.6 is 0 Å². The minimum Gasteiger partial charge on any atom is -0.328 e. The Morgan fingerprint density at radius 2 is 2.26 bits per heavy atom. The van der Waals surface area contributed by atoms with E-state index in [1.54, 1.807) is 12.1 Å². The van der Waals surface area contributed by atoms with Crippen molar-refractivity contribution in [1.29, 1.82) is 0 Å². The fraction of sp³-hybridized carbons (Fsp3) is 0.571. The van der Waals surface area contributed by atoms with Crippen molar-refractivity contribution in [2.75, 3.05) is 6.54 Å². The Kier molecular flexibility index (Phi) is 4.17. The zero-order valence-electron chi connectivity index (χ0n) is 11.5. The monoisotopic (exact) mass is 263 g/mol. The molecular formula is C14H21N3O2. The molecule has 2 N–H and O–H groups in total. The van der Waals surface area contributed by atoms with E-state index < -0.39 is 0 Å². The lowest BCUT2D eigenvalue weighted by Gasteiger charge is -2.40. The second-order valence-electron chi connectivity index (χ2n) is 5.40. The average Bonchev–Trinajstić information content (AvgIpc) is 2.38. The minimum atomic E-state index is -0.342. The van der Waals surface area contributed by atoms with Crippen LogP contribution in [0.1, 0.15) is 38.3 Å². The number of nitro benzene ring substituents is 1. The highest BCUT2D eigenvalue weighted by Gasteiger charge is 2.28. The summed E-state index contributed by atoms with van der Waals surface area (Å²) in [6, 6.07) is 7.80. The Labute approximate surface area is 113 Å². The standard InChI is InChI=1S/C14H21N3O2/c1-10-8-13(15)6-7-16(10)11(2)12-4-3-5-14(9-12)17(18)19/h3-5,9-11,13H,6-8,15H2,1-2H3. The van der Waals surface area contributed by atoms with Crippen LogP contribution in [-0.2, 0) is 0 Å². The lowest BCUT2D eigenvalue weighted by molar-refractivity contribution is -0.385. The smallest absolute Gasteiger partial charge is 0.269 e. The molecule has 0 aromatic heterocycles. The normalized spacial score (nSPS) is 26.1. The van der Waals surface area contributed by atoms with E-state index in [2.05, 4.69) is 18.7 Å². The topological polar surface area (TPSA) is 72.4 Å². The molecule has 0 radical (unpaired) electrons. The highest BCUT2D eigenvalue weighted by atomic mass is 16.6. The zero-order valence-corrected chi connectivity index (χ0v) is 11.5. The zero-order chi connectivity index (χ0) is 14.0. The number of nitrogens with zero attached hydrogens (tertiary/aromatic N) is 2. The summed E-state index contributed by atoms with van der Waals surface area (Å²) in [6.07, 6.45) is 1.98. The molecule has 3 unspecified atom stereocenters. The SMILES string of the molecule is CC1CC(N)CCN1C(C)c1cccc([N+](=O)[O-])c1. The summed E-state index contributed by atoms with van der Waals surface area (Å²) in [5, 5.41) is 10.8. The van der Waals surface area contributed by atoms with Crippen molar-refractivity contribution in [3.63, 3.8) is 0 Å². The predicted octanol–water partition coefficient (Wildman–Crippen LogP) is 2.47. The van der Waals surface area contributed by atoms with Crippen molar-refractivity contribution in [2.24, 2.45) is 5.73 Å². The largest absolute Gasteiger partial charge is 0.328 e. The van der Waals surface area contributed by atoms with Gasteiger partial charge in [-0.15, -0.1) is 0 Å². The number of hydrogen-bond acceptors (Lipinski definition) is 4. The summed E-state index contributed by atoms with van der Waals surface area (Å²) in [5.41, 5.74) is 7.13. The maximum absolute atomic E-state index is 10.8. The number of hydrogen-bond donors (Lipinski definition) is 1. The molecule has 5 nitrogen and oxygen atoms in total. The van der Waals surface area contributed by atoms with Crippen molar-refractivity contribution >= 4 is 5.69 Å². The molecule has 0 saturated carbocycles. The summed E-state index contributed by atoms with van der Waals surface area (Å²) >= 11 is 0. The second kappa shape index (κ2) is 5.67. The Morgan fingerprint density at radius 1 is 1.53 bits per heavy atom. The second-order valence-corrected chi connectivity index (χ2v) is 5.40. The van der Waals surface area contributed by atoms with E-state index in [0.717, 1.165) is 24.9 Å². The van der Waals surface area contributed by atoms with Gasteiger partial charge in [0.05, 0.1) is 4.92 Å². The molecule has 1 aliphatic heterocycles.